The average Bonchev–Trinajstić information content (AvgIpc) is 2.44. The second-order valence-electron chi connectivity index (χ2n) is 4.10. The quantitative estimate of drug-likeness (QED) is 0.519. The van der Waals surface area contributed by atoms with Crippen molar-refractivity contribution in [1.29, 1.82) is 0 Å². The first kappa shape index (κ1) is 16.2. The van der Waals surface area contributed by atoms with Crippen LogP contribution in [-0.2, 0) is 16.1 Å². The van der Waals surface area contributed by atoms with Crippen LogP contribution in [-0.4, -0.2) is 41.1 Å². The molecule has 0 spiro atoms. The molecule has 1 atom stereocenters. The van der Waals surface area contributed by atoms with E-state index in [1.54, 1.807) is 12.1 Å². The third-order valence-corrected chi connectivity index (χ3v) is 2.47. The molecular weight excluding hydrogens is 280 g/mol. The lowest BCUT2D eigenvalue weighted by atomic mass is 10.2. The van der Waals surface area contributed by atoms with Gasteiger partial charge in [0.15, 0.2) is 0 Å². The first-order valence-electron chi connectivity index (χ1n) is 5.96. The summed E-state index contributed by atoms with van der Waals surface area (Å²) in [6.45, 7) is 0.145. The SMILES string of the molecule is COc1ccc(CNC(=O)N[C@H](CC(N)=O)C(=O)O)cn1. The number of pyridine rings is 1. The van der Waals surface area contributed by atoms with Gasteiger partial charge in [0.1, 0.15) is 6.04 Å². The Bertz CT molecular complexity index is 517. The lowest BCUT2D eigenvalue weighted by molar-refractivity contribution is -0.140. The highest BCUT2D eigenvalue weighted by Crippen LogP contribution is 2.06. The Morgan fingerprint density at radius 3 is 2.62 bits per heavy atom. The monoisotopic (exact) mass is 296 g/mol. The Morgan fingerprint density at radius 2 is 2.14 bits per heavy atom. The molecule has 0 aromatic carbocycles. The number of carboxylic acids is 1. The first-order chi connectivity index (χ1) is 9.92. The van der Waals surface area contributed by atoms with E-state index in [0.717, 1.165) is 0 Å². The topological polar surface area (TPSA) is 144 Å². The second kappa shape index (κ2) is 7.68. The first-order valence-corrected chi connectivity index (χ1v) is 5.96. The number of carboxylic acid groups (broad SMARTS) is 1. The van der Waals surface area contributed by atoms with Crippen molar-refractivity contribution in [2.45, 2.75) is 19.0 Å². The van der Waals surface area contributed by atoms with Crippen molar-refractivity contribution >= 4 is 17.9 Å². The van der Waals surface area contributed by atoms with Gasteiger partial charge in [-0.1, -0.05) is 6.07 Å². The molecule has 0 aliphatic carbocycles. The van der Waals surface area contributed by atoms with Gasteiger partial charge in [-0.15, -0.1) is 0 Å². The van der Waals surface area contributed by atoms with E-state index in [9.17, 15) is 14.4 Å². The Balaban J connectivity index is 2.48. The number of aromatic nitrogens is 1. The molecule has 3 amide bonds. The van der Waals surface area contributed by atoms with Crippen LogP contribution in [0.5, 0.6) is 5.88 Å². The Hall–Kier alpha value is -2.84. The van der Waals surface area contributed by atoms with Crippen LogP contribution in [0.1, 0.15) is 12.0 Å². The minimum absolute atomic E-state index is 0.145. The molecule has 0 radical (unpaired) electrons. The highest BCUT2D eigenvalue weighted by atomic mass is 16.5. The number of amides is 3. The molecule has 9 nitrogen and oxygen atoms in total. The van der Waals surface area contributed by atoms with Gasteiger partial charge in [-0.3, -0.25) is 4.79 Å². The predicted octanol–water partition coefficient (Wildman–Crippen LogP) is -0.782. The molecule has 0 aliphatic heterocycles. The number of nitrogens with zero attached hydrogens (tertiary/aromatic N) is 1. The van der Waals surface area contributed by atoms with Crippen LogP contribution < -0.4 is 21.1 Å². The van der Waals surface area contributed by atoms with Gasteiger partial charge in [0, 0.05) is 18.8 Å². The Kier molecular flexibility index (Phi) is 5.93. The van der Waals surface area contributed by atoms with E-state index in [4.69, 9.17) is 15.6 Å². The summed E-state index contributed by atoms with van der Waals surface area (Å²) in [5.41, 5.74) is 5.61. The number of carbonyl (C=O) groups is 3. The lowest BCUT2D eigenvalue weighted by Gasteiger charge is -2.13. The highest BCUT2D eigenvalue weighted by molar-refractivity contribution is 5.87. The standard InChI is InChI=1S/C12H16N4O5/c1-21-10-3-2-7(5-14-10)6-15-12(20)16-8(11(18)19)4-9(13)17/h2-3,5,8H,4,6H2,1H3,(H2,13,17)(H,18,19)(H2,15,16,20)/t8-/m1/s1. The van der Waals surface area contributed by atoms with E-state index < -0.39 is 30.4 Å². The fourth-order valence-electron chi connectivity index (χ4n) is 1.43. The number of hydrogen-bond donors (Lipinski definition) is 4. The number of rotatable bonds is 7. The number of nitrogens with one attached hydrogen (secondary N) is 2. The summed E-state index contributed by atoms with van der Waals surface area (Å²) < 4.78 is 4.89. The fourth-order valence-corrected chi connectivity index (χ4v) is 1.43. The summed E-state index contributed by atoms with van der Waals surface area (Å²) >= 11 is 0. The number of carbonyl (C=O) groups excluding carboxylic acids is 2. The number of urea groups is 1. The van der Waals surface area contributed by atoms with E-state index in [0.29, 0.717) is 11.4 Å². The summed E-state index contributed by atoms with van der Waals surface area (Å²) in [5.74, 6) is -1.72. The molecule has 0 saturated carbocycles. The normalized spacial score (nSPS) is 11.3. The molecule has 0 bridgehead atoms. The third-order valence-electron chi connectivity index (χ3n) is 2.47. The summed E-state index contributed by atoms with van der Waals surface area (Å²) in [5, 5.41) is 13.4. The average molecular weight is 296 g/mol. The van der Waals surface area contributed by atoms with Crippen molar-refractivity contribution in [3.63, 3.8) is 0 Å². The van der Waals surface area contributed by atoms with E-state index in [1.165, 1.54) is 13.3 Å². The maximum absolute atomic E-state index is 11.6. The second-order valence-corrected chi connectivity index (χ2v) is 4.10. The molecule has 21 heavy (non-hydrogen) atoms. The summed E-state index contributed by atoms with van der Waals surface area (Å²) in [6.07, 6.45) is 1.03. The zero-order chi connectivity index (χ0) is 15.8. The minimum atomic E-state index is -1.36. The molecule has 0 unspecified atom stereocenters. The lowest BCUT2D eigenvalue weighted by Crippen LogP contribution is -2.47. The van der Waals surface area contributed by atoms with Crippen LogP contribution in [0.2, 0.25) is 0 Å². The number of aliphatic carboxylic acids is 1. The molecule has 9 heteroatoms. The summed E-state index contributed by atoms with van der Waals surface area (Å²) in [4.78, 5) is 37.1. The van der Waals surface area contributed by atoms with Crippen LogP contribution in [0.4, 0.5) is 4.79 Å². The van der Waals surface area contributed by atoms with Crippen molar-refractivity contribution in [3.05, 3.63) is 23.9 Å². The highest BCUT2D eigenvalue weighted by Gasteiger charge is 2.21. The molecule has 1 heterocycles. The third kappa shape index (κ3) is 5.76. The number of nitrogens with two attached hydrogens (primary N) is 1. The number of ether oxygens (including phenoxy) is 1. The predicted molar refractivity (Wildman–Crippen MR) is 71.4 cm³/mol. The maximum Gasteiger partial charge on any atom is 0.326 e. The largest absolute Gasteiger partial charge is 0.481 e. The van der Waals surface area contributed by atoms with Crippen molar-refractivity contribution in [2.24, 2.45) is 5.73 Å². The van der Waals surface area contributed by atoms with Gasteiger partial charge in [0.25, 0.3) is 0 Å². The fraction of sp³-hybridized carbons (Fsp3) is 0.333. The van der Waals surface area contributed by atoms with E-state index >= 15 is 0 Å². The maximum atomic E-state index is 11.6. The van der Waals surface area contributed by atoms with E-state index in [1.807, 2.05) is 0 Å². The van der Waals surface area contributed by atoms with Gasteiger partial charge < -0.3 is 26.2 Å². The summed E-state index contributed by atoms with van der Waals surface area (Å²) in [6, 6.07) is 1.24. The van der Waals surface area contributed by atoms with Crippen LogP contribution in [0.3, 0.4) is 0 Å². The van der Waals surface area contributed by atoms with Crippen molar-refractivity contribution in [1.82, 2.24) is 15.6 Å². The molecule has 1 aromatic heterocycles. The van der Waals surface area contributed by atoms with E-state index in [2.05, 4.69) is 15.6 Å². The van der Waals surface area contributed by atoms with Crippen LogP contribution in [0, 0.1) is 0 Å². The van der Waals surface area contributed by atoms with Gasteiger partial charge in [-0.2, -0.15) is 0 Å². The van der Waals surface area contributed by atoms with Crippen molar-refractivity contribution < 1.29 is 24.2 Å². The van der Waals surface area contributed by atoms with Crippen molar-refractivity contribution in [3.8, 4) is 5.88 Å². The molecule has 1 aromatic rings. The van der Waals surface area contributed by atoms with Crippen LogP contribution >= 0.6 is 0 Å². The number of primary amides is 1. The molecule has 0 aliphatic rings. The molecule has 114 valence electrons. The van der Waals surface area contributed by atoms with Crippen molar-refractivity contribution in [2.75, 3.05) is 7.11 Å². The molecule has 1 rings (SSSR count). The molecule has 5 N–H and O–H groups in total. The zero-order valence-corrected chi connectivity index (χ0v) is 11.3. The number of methoxy groups -OCH3 is 1. The van der Waals surface area contributed by atoms with Crippen LogP contribution in [0.15, 0.2) is 18.3 Å². The molecular formula is C12H16N4O5. The van der Waals surface area contributed by atoms with Gasteiger partial charge in [0.05, 0.1) is 13.5 Å². The van der Waals surface area contributed by atoms with Gasteiger partial charge >= 0.3 is 12.0 Å². The minimum Gasteiger partial charge on any atom is -0.481 e. The van der Waals surface area contributed by atoms with E-state index in [-0.39, 0.29) is 6.54 Å². The smallest absolute Gasteiger partial charge is 0.326 e. The van der Waals surface area contributed by atoms with Gasteiger partial charge in [-0.25, -0.2) is 14.6 Å². The Morgan fingerprint density at radius 1 is 1.43 bits per heavy atom. The van der Waals surface area contributed by atoms with Gasteiger partial charge in [-0.05, 0) is 5.56 Å². The Labute approximate surface area is 120 Å². The summed E-state index contributed by atoms with van der Waals surface area (Å²) in [7, 11) is 1.48. The number of hydrogen-bond acceptors (Lipinski definition) is 5. The zero-order valence-electron chi connectivity index (χ0n) is 11.3. The van der Waals surface area contributed by atoms with Crippen LogP contribution in [0.25, 0.3) is 0 Å². The molecule has 0 fully saturated rings. The van der Waals surface area contributed by atoms with Gasteiger partial charge in [0.2, 0.25) is 11.8 Å². The molecule has 0 saturated heterocycles.